The summed E-state index contributed by atoms with van der Waals surface area (Å²) in [5, 5.41) is 8.07. The molecular weight excluding hydrogens is 340 g/mol. The largest absolute Gasteiger partial charge is 0.490 e. The van der Waals surface area contributed by atoms with Crippen LogP contribution in [0.5, 0.6) is 5.75 Å². The van der Waals surface area contributed by atoms with Gasteiger partial charge < -0.3 is 10.1 Å². The molecule has 2 atom stereocenters. The van der Waals surface area contributed by atoms with Gasteiger partial charge in [0.1, 0.15) is 11.9 Å². The summed E-state index contributed by atoms with van der Waals surface area (Å²) in [6.07, 6.45) is 4.19. The topological polar surface area (TPSA) is 34.1 Å². The second-order valence-corrected chi connectivity index (χ2v) is 7.88. The van der Waals surface area contributed by atoms with Crippen LogP contribution in [-0.2, 0) is 19.4 Å². The Morgan fingerprint density at radius 2 is 2.15 bits per heavy atom. The highest BCUT2D eigenvalue weighted by molar-refractivity contribution is 7.07. The van der Waals surface area contributed by atoms with Crippen molar-refractivity contribution >= 4 is 11.3 Å². The molecule has 1 N–H and O–H groups in total. The molecule has 0 aliphatic carbocycles. The second-order valence-electron chi connectivity index (χ2n) is 7.10. The molecule has 3 aromatic rings. The van der Waals surface area contributed by atoms with E-state index < -0.39 is 0 Å². The lowest BCUT2D eigenvalue weighted by atomic mass is 10.0. The molecule has 4 rings (SSSR count). The zero-order valence-electron chi connectivity index (χ0n) is 15.2. The highest BCUT2D eigenvalue weighted by Crippen LogP contribution is 2.29. The minimum absolute atomic E-state index is 0.202. The third-order valence-electron chi connectivity index (χ3n) is 4.82. The first kappa shape index (κ1) is 17.3. The number of ether oxygens (including phenoxy) is 1. The van der Waals surface area contributed by atoms with E-state index >= 15 is 0 Å². The van der Waals surface area contributed by atoms with Crippen LogP contribution in [-0.4, -0.2) is 11.1 Å². The summed E-state index contributed by atoms with van der Waals surface area (Å²) in [6, 6.07) is 13.2. The van der Waals surface area contributed by atoms with Gasteiger partial charge in [0.15, 0.2) is 0 Å². The average molecular weight is 365 g/mol. The zero-order valence-corrected chi connectivity index (χ0v) is 16.1. The van der Waals surface area contributed by atoms with Gasteiger partial charge in [-0.3, -0.25) is 4.98 Å². The summed E-state index contributed by atoms with van der Waals surface area (Å²) in [7, 11) is 0. The van der Waals surface area contributed by atoms with Crippen molar-refractivity contribution in [2.75, 3.05) is 0 Å². The molecule has 4 heteroatoms. The number of aryl methyl sites for hydroxylation is 1. The molecule has 0 unspecified atom stereocenters. The van der Waals surface area contributed by atoms with E-state index in [0.29, 0.717) is 0 Å². The van der Waals surface area contributed by atoms with Crippen LogP contribution in [0.25, 0.3) is 0 Å². The first-order chi connectivity index (χ1) is 12.7. The maximum absolute atomic E-state index is 5.81. The molecule has 134 valence electrons. The van der Waals surface area contributed by atoms with Gasteiger partial charge in [0.2, 0.25) is 0 Å². The number of nitrogens with one attached hydrogen (secondary N) is 1. The SMILES string of the molecule is Cc1ccc([C@@H](Cc2ccsc2)NCc2ccc3c(c2)C[C@@H](C)O3)nc1. The predicted molar refractivity (Wildman–Crippen MR) is 107 cm³/mol. The highest BCUT2D eigenvalue weighted by atomic mass is 32.1. The second kappa shape index (κ2) is 7.60. The zero-order chi connectivity index (χ0) is 17.9. The Balaban J connectivity index is 1.49. The van der Waals surface area contributed by atoms with Crippen LogP contribution in [0.3, 0.4) is 0 Å². The number of aromatic nitrogens is 1. The molecule has 0 saturated heterocycles. The summed E-state index contributed by atoms with van der Waals surface area (Å²) < 4.78 is 5.81. The minimum Gasteiger partial charge on any atom is -0.490 e. The van der Waals surface area contributed by atoms with Crippen LogP contribution in [0.1, 0.15) is 40.9 Å². The summed E-state index contributed by atoms with van der Waals surface area (Å²) in [5.41, 5.74) is 6.25. The van der Waals surface area contributed by atoms with Gasteiger partial charge >= 0.3 is 0 Å². The Labute approximate surface area is 159 Å². The van der Waals surface area contributed by atoms with Crippen LogP contribution >= 0.6 is 11.3 Å². The van der Waals surface area contributed by atoms with Crippen molar-refractivity contribution in [1.29, 1.82) is 0 Å². The van der Waals surface area contributed by atoms with E-state index in [9.17, 15) is 0 Å². The monoisotopic (exact) mass is 364 g/mol. The third-order valence-corrected chi connectivity index (χ3v) is 5.56. The summed E-state index contributed by atoms with van der Waals surface area (Å²) in [4.78, 5) is 4.66. The molecular formula is C22H24N2OS. The van der Waals surface area contributed by atoms with Gasteiger partial charge in [-0.1, -0.05) is 18.2 Å². The van der Waals surface area contributed by atoms with Crippen molar-refractivity contribution in [3.05, 3.63) is 81.3 Å². The van der Waals surface area contributed by atoms with Crippen molar-refractivity contribution < 1.29 is 4.74 Å². The van der Waals surface area contributed by atoms with Gasteiger partial charge in [-0.2, -0.15) is 11.3 Å². The van der Waals surface area contributed by atoms with Crippen LogP contribution in [0.15, 0.2) is 53.4 Å². The van der Waals surface area contributed by atoms with E-state index in [1.807, 2.05) is 6.20 Å². The molecule has 0 amide bonds. The van der Waals surface area contributed by atoms with Crippen LogP contribution in [0.2, 0.25) is 0 Å². The first-order valence-electron chi connectivity index (χ1n) is 9.13. The van der Waals surface area contributed by atoms with E-state index in [1.165, 1.54) is 22.3 Å². The lowest BCUT2D eigenvalue weighted by Gasteiger charge is -2.18. The number of nitrogens with zero attached hydrogens (tertiary/aromatic N) is 1. The molecule has 2 aromatic heterocycles. The van der Waals surface area contributed by atoms with Crippen LogP contribution in [0.4, 0.5) is 0 Å². The molecule has 3 heterocycles. The molecule has 1 aromatic carbocycles. The molecule has 3 nitrogen and oxygen atoms in total. The Morgan fingerprint density at radius 3 is 2.92 bits per heavy atom. The maximum Gasteiger partial charge on any atom is 0.123 e. The fourth-order valence-electron chi connectivity index (χ4n) is 3.44. The fourth-order valence-corrected chi connectivity index (χ4v) is 4.12. The van der Waals surface area contributed by atoms with Crippen molar-refractivity contribution in [3.63, 3.8) is 0 Å². The number of benzene rings is 1. The lowest BCUT2D eigenvalue weighted by molar-refractivity contribution is 0.254. The Hall–Kier alpha value is -2.17. The quantitative estimate of drug-likeness (QED) is 0.679. The van der Waals surface area contributed by atoms with Crippen molar-refractivity contribution in [1.82, 2.24) is 10.3 Å². The van der Waals surface area contributed by atoms with Gasteiger partial charge in [0.25, 0.3) is 0 Å². The summed E-state index contributed by atoms with van der Waals surface area (Å²) >= 11 is 1.75. The van der Waals surface area contributed by atoms with Gasteiger partial charge in [0, 0.05) is 19.2 Å². The molecule has 1 aliphatic heterocycles. The third kappa shape index (κ3) is 3.97. The summed E-state index contributed by atoms with van der Waals surface area (Å²) in [6.45, 7) is 5.02. The normalized spacial score (nSPS) is 16.9. The Kier molecular flexibility index (Phi) is 5.05. The number of hydrogen-bond donors (Lipinski definition) is 1. The average Bonchev–Trinajstić information content (AvgIpc) is 3.27. The first-order valence-corrected chi connectivity index (χ1v) is 10.1. The number of pyridine rings is 1. The minimum atomic E-state index is 0.202. The molecule has 0 fully saturated rings. The van der Waals surface area contributed by atoms with Crippen LogP contribution in [0, 0.1) is 6.92 Å². The number of thiophene rings is 1. The Bertz CT molecular complexity index is 858. The van der Waals surface area contributed by atoms with E-state index in [-0.39, 0.29) is 12.1 Å². The number of rotatable bonds is 6. The standard InChI is InChI=1S/C22H24N2OS/c1-15-3-5-20(23-12-15)21(11-18-7-8-26-14-18)24-13-17-4-6-22-19(10-17)9-16(2)25-22/h3-8,10,12,14,16,21,24H,9,11,13H2,1-2H3/t16-,21-/m1/s1. The predicted octanol–water partition coefficient (Wildman–Crippen LogP) is 4.85. The molecule has 0 bridgehead atoms. The molecule has 0 saturated carbocycles. The van der Waals surface area contributed by atoms with Gasteiger partial charge in [0.05, 0.1) is 11.7 Å². The number of hydrogen-bond acceptors (Lipinski definition) is 4. The van der Waals surface area contributed by atoms with E-state index in [1.54, 1.807) is 11.3 Å². The van der Waals surface area contributed by atoms with E-state index in [4.69, 9.17) is 4.74 Å². The summed E-state index contributed by atoms with van der Waals surface area (Å²) in [5.74, 6) is 1.04. The molecule has 0 spiro atoms. The van der Waals surface area contributed by atoms with Crippen LogP contribution < -0.4 is 10.1 Å². The van der Waals surface area contributed by atoms with Gasteiger partial charge in [-0.05, 0) is 71.5 Å². The van der Waals surface area contributed by atoms with Crippen molar-refractivity contribution in [3.8, 4) is 5.75 Å². The Morgan fingerprint density at radius 1 is 1.23 bits per heavy atom. The molecule has 1 aliphatic rings. The van der Waals surface area contributed by atoms with Gasteiger partial charge in [-0.15, -0.1) is 0 Å². The lowest BCUT2D eigenvalue weighted by Crippen LogP contribution is -2.23. The van der Waals surface area contributed by atoms with Crippen molar-refractivity contribution in [2.24, 2.45) is 0 Å². The smallest absolute Gasteiger partial charge is 0.123 e. The fraction of sp³-hybridized carbons (Fsp3) is 0.318. The highest BCUT2D eigenvalue weighted by Gasteiger charge is 2.19. The van der Waals surface area contributed by atoms with Gasteiger partial charge in [-0.25, -0.2) is 0 Å². The van der Waals surface area contributed by atoms with E-state index in [2.05, 4.69) is 71.3 Å². The van der Waals surface area contributed by atoms with Crippen molar-refractivity contribution in [2.45, 2.75) is 45.4 Å². The van der Waals surface area contributed by atoms with E-state index in [0.717, 1.165) is 30.8 Å². The molecule has 0 radical (unpaired) electrons. The maximum atomic E-state index is 5.81. The molecule has 26 heavy (non-hydrogen) atoms. The number of fused-ring (bicyclic) bond motifs is 1.